The van der Waals surface area contributed by atoms with Crippen LogP contribution >= 0.6 is 11.8 Å². The smallest absolute Gasteiger partial charge is 0.414 e. The number of nitrogens with zero attached hydrogens (tertiary/aromatic N) is 3. The normalized spacial score (nSPS) is 14.8. The first-order chi connectivity index (χ1) is 13.5. The number of aromatic nitrogens is 1. The molecule has 3 rings (SSSR count). The highest BCUT2D eigenvalue weighted by Crippen LogP contribution is 2.16. The fourth-order valence-electron chi connectivity index (χ4n) is 2.84. The molecule has 2 N–H and O–H groups in total. The van der Waals surface area contributed by atoms with E-state index in [1.807, 2.05) is 12.4 Å². The molecular formula is C20H25N3O4S. The third kappa shape index (κ3) is 7.67. The minimum Gasteiger partial charge on any atom is -0.473 e. The zero-order valence-electron chi connectivity index (χ0n) is 15.8. The van der Waals surface area contributed by atoms with E-state index in [0.717, 1.165) is 39.3 Å². The Morgan fingerprint density at radius 2 is 1.29 bits per heavy atom. The topological polar surface area (TPSA) is 94.0 Å². The Bertz CT molecular complexity index is 736. The second-order valence-electron chi connectivity index (χ2n) is 6.37. The first-order valence-corrected chi connectivity index (χ1v) is 10.1. The van der Waals surface area contributed by atoms with Gasteiger partial charge in [0.1, 0.15) is 0 Å². The van der Waals surface area contributed by atoms with Crippen LogP contribution in [0.3, 0.4) is 0 Å². The third-order valence-corrected chi connectivity index (χ3v) is 5.11. The average Bonchev–Trinajstić information content (AvgIpc) is 2.71. The molecule has 0 amide bonds. The van der Waals surface area contributed by atoms with Gasteiger partial charge >= 0.3 is 11.9 Å². The van der Waals surface area contributed by atoms with Gasteiger partial charge in [0.15, 0.2) is 0 Å². The molecular weight excluding hydrogens is 378 g/mol. The SMILES string of the molecule is CSc1ccc(CN2CCN(Cc3ccncc3)CC2)cc1.O=C(O)C(=O)O. The van der Waals surface area contributed by atoms with Gasteiger partial charge in [-0.1, -0.05) is 12.1 Å². The number of carbonyl (C=O) groups is 2. The number of thioether (sulfide) groups is 1. The molecule has 0 bridgehead atoms. The van der Waals surface area contributed by atoms with Crippen LogP contribution in [0.2, 0.25) is 0 Å². The van der Waals surface area contributed by atoms with Gasteiger partial charge in [0.25, 0.3) is 0 Å². The quantitative estimate of drug-likeness (QED) is 0.580. The molecule has 8 heteroatoms. The lowest BCUT2D eigenvalue weighted by Crippen LogP contribution is -2.45. The van der Waals surface area contributed by atoms with Gasteiger partial charge in [0, 0.05) is 56.6 Å². The molecule has 1 fully saturated rings. The van der Waals surface area contributed by atoms with E-state index in [0.29, 0.717) is 0 Å². The molecule has 7 nitrogen and oxygen atoms in total. The summed E-state index contributed by atoms with van der Waals surface area (Å²) in [7, 11) is 0. The number of hydrogen-bond acceptors (Lipinski definition) is 6. The molecule has 1 aromatic carbocycles. The summed E-state index contributed by atoms with van der Waals surface area (Å²) in [6.45, 7) is 6.69. The maximum atomic E-state index is 9.10. The Hall–Kier alpha value is -2.42. The van der Waals surface area contributed by atoms with Gasteiger partial charge in [-0.3, -0.25) is 14.8 Å². The number of carboxylic acids is 2. The number of piperazine rings is 1. The number of benzene rings is 1. The summed E-state index contributed by atoms with van der Waals surface area (Å²) in [6.07, 6.45) is 5.88. The van der Waals surface area contributed by atoms with Crippen LogP contribution in [0, 0.1) is 0 Å². The summed E-state index contributed by atoms with van der Waals surface area (Å²) < 4.78 is 0. The van der Waals surface area contributed by atoms with E-state index in [9.17, 15) is 0 Å². The van der Waals surface area contributed by atoms with E-state index in [1.54, 1.807) is 11.8 Å². The monoisotopic (exact) mass is 403 g/mol. The molecule has 0 aliphatic carbocycles. The summed E-state index contributed by atoms with van der Waals surface area (Å²) >= 11 is 1.80. The predicted octanol–water partition coefficient (Wildman–Crippen LogP) is 2.28. The van der Waals surface area contributed by atoms with Crippen molar-refractivity contribution in [2.75, 3.05) is 32.4 Å². The Labute approximate surface area is 169 Å². The van der Waals surface area contributed by atoms with Gasteiger partial charge < -0.3 is 10.2 Å². The molecule has 150 valence electrons. The lowest BCUT2D eigenvalue weighted by Gasteiger charge is -2.34. The van der Waals surface area contributed by atoms with Crippen molar-refractivity contribution in [2.45, 2.75) is 18.0 Å². The second kappa shape index (κ2) is 11.4. The zero-order chi connectivity index (χ0) is 20.4. The van der Waals surface area contributed by atoms with Gasteiger partial charge in [0.05, 0.1) is 0 Å². The molecule has 1 aliphatic rings. The minimum absolute atomic E-state index is 1.04. The van der Waals surface area contributed by atoms with Gasteiger partial charge in [-0.2, -0.15) is 0 Å². The summed E-state index contributed by atoms with van der Waals surface area (Å²) in [5, 5.41) is 14.8. The van der Waals surface area contributed by atoms with Crippen LogP contribution in [-0.2, 0) is 22.7 Å². The molecule has 0 atom stereocenters. The van der Waals surface area contributed by atoms with Crippen molar-refractivity contribution in [1.29, 1.82) is 0 Å². The minimum atomic E-state index is -1.82. The summed E-state index contributed by atoms with van der Waals surface area (Å²) in [6, 6.07) is 13.2. The molecule has 0 saturated carbocycles. The highest BCUT2D eigenvalue weighted by atomic mass is 32.2. The molecule has 0 unspecified atom stereocenters. The van der Waals surface area contributed by atoms with Crippen molar-refractivity contribution in [3.63, 3.8) is 0 Å². The van der Waals surface area contributed by atoms with Crippen LogP contribution in [0.1, 0.15) is 11.1 Å². The highest BCUT2D eigenvalue weighted by Gasteiger charge is 2.17. The van der Waals surface area contributed by atoms with Crippen molar-refractivity contribution >= 4 is 23.7 Å². The van der Waals surface area contributed by atoms with E-state index >= 15 is 0 Å². The molecule has 0 radical (unpaired) electrons. The molecule has 0 spiro atoms. The van der Waals surface area contributed by atoms with E-state index in [1.165, 1.54) is 16.0 Å². The fraction of sp³-hybridized carbons (Fsp3) is 0.350. The fourth-order valence-corrected chi connectivity index (χ4v) is 3.25. The van der Waals surface area contributed by atoms with Crippen LogP contribution in [0.4, 0.5) is 0 Å². The lowest BCUT2D eigenvalue weighted by molar-refractivity contribution is -0.159. The summed E-state index contributed by atoms with van der Waals surface area (Å²) in [4.78, 5) is 28.7. The Morgan fingerprint density at radius 3 is 1.68 bits per heavy atom. The predicted molar refractivity (Wildman–Crippen MR) is 108 cm³/mol. The van der Waals surface area contributed by atoms with Crippen LogP contribution in [-0.4, -0.2) is 69.4 Å². The molecule has 1 aliphatic heterocycles. The van der Waals surface area contributed by atoms with Crippen LogP contribution in [0.5, 0.6) is 0 Å². The molecule has 2 heterocycles. The van der Waals surface area contributed by atoms with Crippen LogP contribution < -0.4 is 0 Å². The van der Waals surface area contributed by atoms with Gasteiger partial charge in [-0.05, 0) is 41.6 Å². The van der Waals surface area contributed by atoms with E-state index < -0.39 is 11.9 Å². The number of hydrogen-bond donors (Lipinski definition) is 2. The van der Waals surface area contributed by atoms with Gasteiger partial charge in [-0.15, -0.1) is 11.8 Å². The van der Waals surface area contributed by atoms with Crippen LogP contribution in [0.15, 0.2) is 53.7 Å². The third-order valence-electron chi connectivity index (χ3n) is 4.37. The van der Waals surface area contributed by atoms with Crippen molar-refractivity contribution in [1.82, 2.24) is 14.8 Å². The number of pyridine rings is 1. The first kappa shape index (κ1) is 21.9. The summed E-state index contributed by atoms with van der Waals surface area (Å²) in [5.74, 6) is -3.65. The van der Waals surface area contributed by atoms with Gasteiger partial charge in [-0.25, -0.2) is 9.59 Å². The largest absolute Gasteiger partial charge is 0.473 e. The Kier molecular flexibility index (Phi) is 8.93. The molecule has 28 heavy (non-hydrogen) atoms. The number of rotatable bonds is 5. The van der Waals surface area contributed by atoms with Crippen molar-refractivity contribution in [3.05, 3.63) is 59.9 Å². The zero-order valence-corrected chi connectivity index (χ0v) is 16.6. The molecule has 1 aromatic heterocycles. The number of aliphatic carboxylic acids is 2. The average molecular weight is 404 g/mol. The van der Waals surface area contributed by atoms with Crippen molar-refractivity contribution in [3.8, 4) is 0 Å². The van der Waals surface area contributed by atoms with E-state index in [-0.39, 0.29) is 0 Å². The van der Waals surface area contributed by atoms with Crippen molar-refractivity contribution in [2.24, 2.45) is 0 Å². The Balaban J connectivity index is 0.000000409. The first-order valence-electron chi connectivity index (χ1n) is 8.90. The molecule has 1 saturated heterocycles. The Morgan fingerprint density at radius 1 is 0.857 bits per heavy atom. The standard InChI is InChI=1S/C18H23N3S.C2H2O4/c1-22-18-4-2-16(3-5-18)14-20-10-12-21(13-11-20)15-17-6-8-19-9-7-17;3-1(4)2(5)6/h2-9H,10-15H2,1H3;(H,3,4)(H,5,6). The second-order valence-corrected chi connectivity index (χ2v) is 7.25. The lowest BCUT2D eigenvalue weighted by atomic mass is 10.2. The number of carboxylic acid groups (broad SMARTS) is 2. The summed E-state index contributed by atoms with van der Waals surface area (Å²) in [5.41, 5.74) is 2.77. The highest BCUT2D eigenvalue weighted by molar-refractivity contribution is 7.98. The molecule has 2 aromatic rings. The maximum absolute atomic E-state index is 9.10. The maximum Gasteiger partial charge on any atom is 0.414 e. The van der Waals surface area contributed by atoms with E-state index in [4.69, 9.17) is 19.8 Å². The van der Waals surface area contributed by atoms with Crippen molar-refractivity contribution < 1.29 is 19.8 Å². The van der Waals surface area contributed by atoms with Crippen LogP contribution in [0.25, 0.3) is 0 Å². The van der Waals surface area contributed by atoms with E-state index in [2.05, 4.69) is 57.4 Å². The van der Waals surface area contributed by atoms with Gasteiger partial charge in [0.2, 0.25) is 0 Å².